The molecular formula is C16H24S. The van der Waals surface area contributed by atoms with Gasteiger partial charge in [0.05, 0.1) is 0 Å². The van der Waals surface area contributed by atoms with Crippen LogP contribution in [-0.2, 0) is 6.42 Å². The Morgan fingerprint density at radius 3 is 2.12 bits per heavy atom. The normalized spacial score (nSPS) is 10.6. The number of unbranched alkanes of at least 4 members (excludes halogenated alkanes) is 3. The predicted molar refractivity (Wildman–Crippen MR) is 81.1 cm³/mol. The number of aryl methyl sites for hydroxylation is 2. The fourth-order valence-electron chi connectivity index (χ4n) is 2.32. The molecule has 1 aromatic rings. The van der Waals surface area contributed by atoms with E-state index in [9.17, 15) is 0 Å². The Morgan fingerprint density at radius 1 is 1.06 bits per heavy atom. The Morgan fingerprint density at radius 2 is 1.65 bits per heavy atom. The summed E-state index contributed by atoms with van der Waals surface area (Å²) in [5.74, 6) is 0. The number of hydrogen-bond donors (Lipinski definition) is 0. The van der Waals surface area contributed by atoms with Gasteiger partial charge in [0.2, 0.25) is 0 Å². The molecule has 0 saturated carbocycles. The molecule has 0 fully saturated rings. The lowest BCUT2D eigenvalue weighted by atomic mass is 9.94. The highest BCUT2D eigenvalue weighted by molar-refractivity contribution is 7.80. The SMILES string of the molecule is CCCCCCc1c(C)cc(C(C)=S)cc1C. The Kier molecular flexibility index (Phi) is 5.84. The molecular weight excluding hydrogens is 224 g/mol. The second-order valence-corrected chi connectivity index (χ2v) is 5.57. The average Bonchev–Trinajstić information content (AvgIpc) is 2.26. The summed E-state index contributed by atoms with van der Waals surface area (Å²) in [5.41, 5.74) is 5.55. The fourth-order valence-corrected chi connectivity index (χ4v) is 2.44. The van der Waals surface area contributed by atoms with Crippen LogP contribution in [0.3, 0.4) is 0 Å². The van der Waals surface area contributed by atoms with Crippen LogP contribution in [0.2, 0.25) is 0 Å². The second-order valence-electron chi connectivity index (χ2n) is 4.96. The van der Waals surface area contributed by atoms with Gasteiger partial charge in [-0.05, 0) is 55.9 Å². The van der Waals surface area contributed by atoms with E-state index in [0.717, 1.165) is 4.86 Å². The first-order valence-electron chi connectivity index (χ1n) is 6.67. The van der Waals surface area contributed by atoms with Crippen molar-refractivity contribution in [3.8, 4) is 0 Å². The van der Waals surface area contributed by atoms with Gasteiger partial charge in [-0.1, -0.05) is 50.5 Å². The van der Waals surface area contributed by atoms with Gasteiger partial charge in [0.1, 0.15) is 0 Å². The monoisotopic (exact) mass is 248 g/mol. The van der Waals surface area contributed by atoms with Crippen molar-refractivity contribution in [1.82, 2.24) is 0 Å². The quantitative estimate of drug-likeness (QED) is 0.380. The van der Waals surface area contributed by atoms with Gasteiger partial charge in [0.25, 0.3) is 0 Å². The summed E-state index contributed by atoms with van der Waals surface area (Å²) in [7, 11) is 0. The van der Waals surface area contributed by atoms with Gasteiger partial charge in [-0.3, -0.25) is 0 Å². The van der Waals surface area contributed by atoms with Gasteiger partial charge in [-0.25, -0.2) is 0 Å². The zero-order valence-electron chi connectivity index (χ0n) is 11.6. The van der Waals surface area contributed by atoms with Crippen molar-refractivity contribution in [2.45, 2.75) is 59.8 Å². The smallest absolute Gasteiger partial charge is 0.0193 e. The molecule has 0 amide bonds. The van der Waals surface area contributed by atoms with Crippen LogP contribution in [0.1, 0.15) is 61.8 Å². The van der Waals surface area contributed by atoms with E-state index in [-0.39, 0.29) is 0 Å². The predicted octanol–water partition coefficient (Wildman–Crippen LogP) is 5.16. The maximum atomic E-state index is 5.25. The number of rotatable bonds is 6. The van der Waals surface area contributed by atoms with Crippen molar-refractivity contribution in [2.24, 2.45) is 0 Å². The molecule has 1 heteroatoms. The van der Waals surface area contributed by atoms with Gasteiger partial charge in [-0.2, -0.15) is 0 Å². The highest BCUT2D eigenvalue weighted by Crippen LogP contribution is 2.20. The van der Waals surface area contributed by atoms with Crippen LogP contribution in [0, 0.1) is 13.8 Å². The van der Waals surface area contributed by atoms with Crippen molar-refractivity contribution in [1.29, 1.82) is 0 Å². The Balaban J connectivity index is 2.76. The van der Waals surface area contributed by atoms with Gasteiger partial charge in [0.15, 0.2) is 0 Å². The Hall–Kier alpha value is -0.690. The molecule has 0 N–H and O–H groups in total. The lowest BCUT2D eigenvalue weighted by Gasteiger charge is -2.12. The van der Waals surface area contributed by atoms with Crippen LogP contribution in [0.15, 0.2) is 12.1 Å². The largest absolute Gasteiger partial charge is 0.0846 e. The molecule has 1 aromatic carbocycles. The van der Waals surface area contributed by atoms with Crippen LogP contribution in [0.4, 0.5) is 0 Å². The molecule has 1 rings (SSSR count). The zero-order valence-corrected chi connectivity index (χ0v) is 12.4. The molecule has 17 heavy (non-hydrogen) atoms. The number of hydrogen-bond acceptors (Lipinski definition) is 1. The molecule has 0 nitrogen and oxygen atoms in total. The first-order valence-corrected chi connectivity index (χ1v) is 7.08. The van der Waals surface area contributed by atoms with E-state index in [1.807, 2.05) is 6.92 Å². The molecule has 0 aliphatic heterocycles. The molecule has 0 atom stereocenters. The molecule has 0 aliphatic carbocycles. The van der Waals surface area contributed by atoms with E-state index in [1.165, 1.54) is 54.4 Å². The highest BCUT2D eigenvalue weighted by Gasteiger charge is 2.06. The van der Waals surface area contributed by atoms with Crippen molar-refractivity contribution >= 4 is 17.1 Å². The molecule has 0 aromatic heterocycles. The molecule has 0 heterocycles. The zero-order chi connectivity index (χ0) is 12.8. The number of benzene rings is 1. The number of thiocarbonyl (C=S) groups is 1. The summed E-state index contributed by atoms with van der Waals surface area (Å²) in [6, 6.07) is 4.48. The maximum absolute atomic E-state index is 5.25. The minimum absolute atomic E-state index is 0.994. The van der Waals surface area contributed by atoms with Crippen molar-refractivity contribution in [2.75, 3.05) is 0 Å². The second kappa shape index (κ2) is 6.90. The summed E-state index contributed by atoms with van der Waals surface area (Å²) in [6.45, 7) is 8.69. The van der Waals surface area contributed by atoms with Crippen molar-refractivity contribution in [3.63, 3.8) is 0 Å². The van der Waals surface area contributed by atoms with Crippen LogP contribution < -0.4 is 0 Å². The van der Waals surface area contributed by atoms with Gasteiger partial charge >= 0.3 is 0 Å². The minimum Gasteiger partial charge on any atom is -0.0846 e. The molecule has 0 radical (unpaired) electrons. The summed E-state index contributed by atoms with van der Waals surface area (Å²) >= 11 is 5.25. The average molecular weight is 248 g/mol. The third kappa shape index (κ3) is 4.23. The molecule has 94 valence electrons. The van der Waals surface area contributed by atoms with Crippen LogP contribution >= 0.6 is 12.2 Å². The first kappa shape index (κ1) is 14.4. The van der Waals surface area contributed by atoms with E-state index < -0.39 is 0 Å². The van der Waals surface area contributed by atoms with E-state index in [1.54, 1.807) is 0 Å². The van der Waals surface area contributed by atoms with Gasteiger partial charge < -0.3 is 0 Å². The third-order valence-electron chi connectivity index (χ3n) is 3.38. The van der Waals surface area contributed by atoms with Crippen molar-refractivity contribution < 1.29 is 0 Å². The summed E-state index contributed by atoms with van der Waals surface area (Å²) < 4.78 is 0. The summed E-state index contributed by atoms with van der Waals surface area (Å²) in [5, 5.41) is 0. The fraction of sp³-hybridized carbons (Fsp3) is 0.562. The Bertz CT molecular complexity index is 368. The third-order valence-corrected chi connectivity index (χ3v) is 3.62. The van der Waals surface area contributed by atoms with Crippen molar-refractivity contribution in [3.05, 3.63) is 34.4 Å². The van der Waals surface area contributed by atoms with E-state index in [0.29, 0.717) is 0 Å². The lowest BCUT2D eigenvalue weighted by molar-refractivity contribution is 0.664. The Labute approximate surface area is 111 Å². The lowest BCUT2D eigenvalue weighted by Crippen LogP contribution is -1.99. The summed E-state index contributed by atoms with van der Waals surface area (Å²) in [4.78, 5) is 0.994. The molecule has 0 unspecified atom stereocenters. The van der Waals surface area contributed by atoms with E-state index in [4.69, 9.17) is 12.2 Å². The molecule has 0 bridgehead atoms. The molecule has 0 saturated heterocycles. The highest BCUT2D eigenvalue weighted by atomic mass is 32.1. The minimum atomic E-state index is 0.994. The van der Waals surface area contributed by atoms with Crippen LogP contribution in [0.5, 0.6) is 0 Å². The van der Waals surface area contributed by atoms with E-state index in [2.05, 4.69) is 32.9 Å². The molecule has 0 spiro atoms. The van der Waals surface area contributed by atoms with Crippen LogP contribution in [0.25, 0.3) is 0 Å². The topological polar surface area (TPSA) is 0 Å². The van der Waals surface area contributed by atoms with Gasteiger partial charge in [-0.15, -0.1) is 0 Å². The summed E-state index contributed by atoms with van der Waals surface area (Å²) in [6.07, 6.45) is 6.54. The van der Waals surface area contributed by atoms with Gasteiger partial charge in [0, 0.05) is 4.86 Å². The maximum Gasteiger partial charge on any atom is 0.0193 e. The van der Waals surface area contributed by atoms with E-state index >= 15 is 0 Å². The van der Waals surface area contributed by atoms with Crippen LogP contribution in [-0.4, -0.2) is 4.86 Å². The standard InChI is InChI=1S/C16H24S/c1-5-6-7-8-9-16-12(2)10-15(14(4)17)11-13(16)3/h10-11H,5-9H2,1-4H3. The molecule has 0 aliphatic rings. The first-order chi connectivity index (χ1) is 8.06.